The largest absolute Gasteiger partial charge is 0.496 e. The molecule has 3 nitrogen and oxygen atoms in total. The topological polar surface area (TPSA) is 27.1 Å². The van der Waals surface area contributed by atoms with Crippen molar-refractivity contribution in [2.75, 3.05) is 7.11 Å². The molecule has 2 aromatic carbocycles. The highest BCUT2D eigenvalue weighted by molar-refractivity contribution is 6.02. The van der Waals surface area contributed by atoms with Gasteiger partial charge in [0.25, 0.3) is 0 Å². The van der Waals surface area contributed by atoms with Crippen molar-refractivity contribution in [3.8, 4) is 17.1 Å². The second-order valence-corrected chi connectivity index (χ2v) is 4.96. The van der Waals surface area contributed by atoms with E-state index < -0.39 is 0 Å². The van der Waals surface area contributed by atoms with Gasteiger partial charge in [-0.1, -0.05) is 24.3 Å². The molecular formula is C17H14N2O. The van der Waals surface area contributed by atoms with E-state index >= 15 is 0 Å². The highest BCUT2D eigenvalue weighted by Crippen LogP contribution is 2.36. The van der Waals surface area contributed by atoms with E-state index in [1.54, 1.807) is 7.11 Å². The quantitative estimate of drug-likeness (QED) is 0.521. The van der Waals surface area contributed by atoms with Crippen LogP contribution in [0.5, 0.6) is 5.75 Å². The van der Waals surface area contributed by atoms with Gasteiger partial charge in [-0.3, -0.25) is 0 Å². The fourth-order valence-electron chi connectivity index (χ4n) is 2.90. The molecule has 0 radical (unpaired) electrons. The number of para-hydroxylation sites is 1. The molecule has 3 heteroatoms. The third-order valence-electron chi connectivity index (χ3n) is 3.89. The van der Waals surface area contributed by atoms with Crippen molar-refractivity contribution < 1.29 is 4.74 Å². The number of hydrogen-bond donors (Lipinski definition) is 0. The van der Waals surface area contributed by atoms with Crippen molar-refractivity contribution in [1.29, 1.82) is 0 Å². The lowest BCUT2D eigenvalue weighted by Gasteiger charge is -2.13. The Morgan fingerprint density at radius 3 is 2.70 bits per heavy atom. The van der Waals surface area contributed by atoms with Crippen LogP contribution < -0.4 is 4.74 Å². The van der Waals surface area contributed by atoms with E-state index in [2.05, 4.69) is 41.9 Å². The molecule has 0 spiro atoms. The number of hydrogen-bond acceptors (Lipinski definition) is 2. The molecule has 0 bridgehead atoms. The molecule has 2 aromatic rings. The van der Waals surface area contributed by atoms with E-state index in [0.717, 1.165) is 28.0 Å². The Morgan fingerprint density at radius 1 is 1.00 bits per heavy atom. The summed E-state index contributed by atoms with van der Waals surface area (Å²) in [7, 11) is 3.76. The van der Waals surface area contributed by atoms with Gasteiger partial charge >= 0.3 is 0 Å². The molecule has 0 atom stereocenters. The fraction of sp³-hybridized carbons (Fsp3) is 0.118. The van der Waals surface area contributed by atoms with E-state index in [4.69, 9.17) is 9.72 Å². The lowest BCUT2D eigenvalue weighted by atomic mass is 10.1. The van der Waals surface area contributed by atoms with Gasteiger partial charge in [-0.15, -0.1) is 0 Å². The van der Waals surface area contributed by atoms with E-state index in [0.29, 0.717) is 0 Å². The summed E-state index contributed by atoms with van der Waals surface area (Å²) in [5.41, 5.74) is 3.33. The molecule has 4 rings (SSSR count). The number of fused-ring (bicyclic) bond motifs is 4. The number of aromatic nitrogens is 2. The zero-order valence-electron chi connectivity index (χ0n) is 11.4. The number of benzene rings is 2. The average molecular weight is 262 g/mol. The van der Waals surface area contributed by atoms with Gasteiger partial charge in [-0.05, 0) is 24.3 Å². The van der Waals surface area contributed by atoms with Gasteiger partial charge in [0.2, 0.25) is 0 Å². The Kier molecular flexibility index (Phi) is 2.24. The van der Waals surface area contributed by atoms with Crippen molar-refractivity contribution in [3.05, 3.63) is 48.5 Å². The maximum atomic E-state index is 5.49. The van der Waals surface area contributed by atoms with Crippen molar-refractivity contribution in [3.63, 3.8) is 0 Å². The maximum Gasteiger partial charge on any atom is 0.141 e. The predicted octanol–water partition coefficient (Wildman–Crippen LogP) is 3.84. The van der Waals surface area contributed by atoms with Crippen LogP contribution in [0.25, 0.3) is 33.2 Å². The smallest absolute Gasteiger partial charge is 0.141 e. The van der Waals surface area contributed by atoms with Crippen LogP contribution in [0.1, 0.15) is 0 Å². The van der Waals surface area contributed by atoms with Crippen LogP contribution >= 0.6 is 0 Å². The first-order valence-electron chi connectivity index (χ1n) is 6.60. The minimum absolute atomic E-state index is 0.894. The Labute approximate surface area is 116 Å². The molecule has 0 saturated heterocycles. The van der Waals surface area contributed by atoms with Crippen LogP contribution in [0.3, 0.4) is 0 Å². The van der Waals surface area contributed by atoms with E-state index in [9.17, 15) is 0 Å². The van der Waals surface area contributed by atoms with Crippen molar-refractivity contribution >= 4 is 21.8 Å². The molecular weight excluding hydrogens is 248 g/mol. The number of methoxy groups -OCH3 is 1. The van der Waals surface area contributed by atoms with Gasteiger partial charge < -0.3 is 9.30 Å². The summed E-state index contributed by atoms with van der Waals surface area (Å²) in [4.78, 5) is 4.74. The number of nitrogens with zero attached hydrogens (tertiary/aromatic N) is 2. The van der Waals surface area contributed by atoms with E-state index in [-0.39, 0.29) is 0 Å². The normalized spacial score (nSPS) is 11.5. The number of rotatable bonds is 1. The van der Waals surface area contributed by atoms with Crippen LogP contribution in [-0.2, 0) is 7.05 Å². The highest BCUT2D eigenvalue weighted by Gasteiger charge is 2.17. The van der Waals surface area contributed by atoms with Crippen LogP contribution in [0.4, 0.5) is 0 Å². The van der Waals surface area contributed by atoms with Crippen molar-refractivity contribution in [2.45, 2.75) is 0 Å². The minimum atomic E-state index is 0.894. The molecule has 0 aliphatic carbocycles. The first-order chi connectivity index (χ1) is 9.79. The Morgan fingerprint density at radius 2 is 1.85 bits per heavy atom. The lowest BCUT2D eigenvalue weighted by Crippen LogP contribution is -2.00. The SMILES string of the molecule is COc1cccc2c1cc1c3ccccc3nc-1n2C. The number of aryl methyl sites for hydroxylation is 1. The molecule has 2 aliphatic heterocycles. The molecule has 20 heavy (non-hydrogen) atoms. The zero-order chi connectivity index (χ0) is 13.7. The van der Waals surface area contributed by atoms with Gasteiger partial charge in [0.05, 0.1) is 18.1 Å². The molecule has 98 valence electrons. The Hall–Kier alpha value is -2.55. The third kappa shape index (κ3) is 1.37. The predicted molar refractivity (Wildman–Crippen MR) is 81.4 cm³/mol. The van der Waals surface area contributed by atoms with Gasteiger partial charge in [0.15, 0.2) is 0 Å². The summed E-state index contributed by atoms with van der Waals surface area (Å²) in [5.74, 6) is 1.90. The van der Waals surface area contributed by atoms with Crippen LogP contribution in [-0.4, -0.2) is 16.7 Å². The molecule has 0 aromatic heterocycles. The van der Waals surface area contributed by atoms with Crippen molar-refractivity contribution in [2.24, 2.45) is 7.05 Å². The molecule has 0 unspecified atom stereocenters. The number of pyridine rings is 1. The Bertz CT molecular complexity index is 908. The second kappa shape index (κ2) is 3.97. The van der Waals surface area contributed by atoms with Gasteiger partial charge in [-0.25, -0.2) is 4.98 Å². The maximum absolute atomic E-state index is 5.49. The third-order valence-corrected chi connectivity index (χ3v) is 3.89. The van der Waals surface area contributed by atoms with Crippen LogP contribution in [0.2, 0.25) is 0 Å². The van der Waals surface area contributed by atoms with Gasteiger partial charge in [0.1, 0.15) is 11.6 Å². The van der Waals surface area contributed by atoms with Crippen LogP contribution in [0.15, 0.2) is 48.5 Å². The summed E-state index contributed by atoms with van der Waals surface area (Å²) >= 11 is 0. The summed E-state index contributed by atoms with van der Waals surface area (Å²) in [6, 6.07) is 16.5. The summed E-state index contributed by atoms with van der Waals surface area (Å²) in [5, 5.41) is 2.30. The second-order valence-electron chi connectivity index (χ2n) is 4.96. The monoisotopic (exact) mass is 262 g/mol. The number of ether oxygens (including phenoxy) is 1. The van der Waals surface area contributed by atoms with Crippen molar-refractivity contribution in [1.82, 2.24) is 9.55 Å². The van der Waals surface area contributed by atoms with Crippen LogP contribution in [0, 0.1) is 0 Å². The standard InChI is InChI=1S/C17H14N2O/c1-19-15-8-5-9-16(20-2)13(15)10-12-11-6-3-4-7-14(11)18-17(12)19/h3-10H,1-2H3. The molecule has 2 heterocycles. The summed E-state index contributed by atoms with van der Waals surface area (Å²) < 4.78 is 7.62. The average Bonchev–Trinajstić information content (AvgIpc) is 2.86. The minimum Gasteiger partial charge on any atom is -0.496 e. The first-order valence-corrected chi connectivity index (χ1v) is 6.60. The van der Waals surface area contributed by atoms with E-state index in [1.807, 2.05) is 18.2 Å². The van der Waals surface area contributed by atoms with Gasteiger partial charge in [0, 0.05) is 23.4 Å². The highest BCUT2D eigenvalue weighted by atomic mass is 16.5. The van der Waals surface area contributed by atoms with E-state index in [1.165, 1.54) is 10.9 Å². The molecule has 0 saturated carbocycles. The fourth-order valence-corrected chi connectivity index (χ4v) is 2.90. The van der Waals surface area contributed by atoms with Gasteiger partial charge in [-0.2, -0.15) is 0 Å². The molecule has 0 amide bonds. The lowest BCUT2D eigenvalue weighted by molar-refractivity contribution is 0.419. The molecule has 0 fully saturated rings. The Balaban J connectivity index is 2.25. The first kappa shape index (κ1) is 11.3. The zero-order valence-corrected chi connectivity index (χ0v) is 11.4. The molecule has 2 aliphatic rings. The summed E-state index contributed by atoms with van der Waals surface area (Å²) in [6.45, 7) is 0. The molecule has 0 N–H and O–H groups in total. The summed E-state index contributed by atoms with van der Waals surface area (Å²) in [6.07, 6.45) is 0.